The van der Waals surface area contributed by atoms with Crippen LogP contribution < -0.4 is 5.32 Å². The monoisotopic (exact) mass is 367 g/mol. The van der Waals surface area contributed by atoms with E-state index in [0.717, 1.165) is 29.4 Å². The van der Waals surface area contributed by atoms with E-state index in [1.54, 1.807) is 6.92 Å². The maximum absolute atomic E-state index is 13.0. The van der Waals surface area contributed by atoms with Gasteiger partial charge in [-0.3, -0.25) is 9.48 Å². The molecule has 1 atom stereocenters. The Morgan fingerprint density at radius 1 is 1.35 bits per heavy atom. The van der Waals surface area contributed by atoms with Crippen molar-refractivity contribution in [3.8, 4) is 0 Å². The number of carbonyl (C=O) groups is 1. The minimum absolute atomic E-state index is 0.0556. The Hall–Kier alpha value is -2.45. The van der Waals surface area contributed by atoms with Crippen molar-refractivity contribution in [1.82, 2.24) is 25.1 Å². The van der Waals surface area contributed by atoms with Gasteiger partial charge in [0.05, 0.1) is 11.3 Å². The quantitative estimate of drug-likeness (QED) is 0.852. The van der Waals surface area contributed by atoms with Crippen LogP contribution in [-0.2, 0) is 12.7 Å². The summed E-state index contributed by atoms with van der Waals surface area (Å²) in [4.78, 5) is 20.5. The van der Waals surface area contributed by atoms with E-state index in [1.807, 2.05) is 0 Å². The number of aryl methyl sites for hydroxylation is 1. The first-order valence-electron chi connectivity index (χ1n) is 8.46. The Morgan fingerprint density at radius 2 is 2.00 bits per heavy atom. The molecule has 0 spiro atoms. The lowest BCUT2D eigenvalue weighted by molar-refractivity contribution is -0.144. The Morgan fingerprint density at radius 3 is 2.58 bits per heavy atom. The van der Waals surface area contributed by atoms with Gasteiger partial charge in [0.25, 0.3) is 5.91 Å². The first kappa shape index (κ1) is 18.3. The molecule has 9 heteroatoms. The number of alkyl halides is 3. The van der Waals surface area contributed by atoms with Crippen molar-refractivity contribution in [3.63, 3.8) is 0 Å². The predicted octanol–water partition coefficient (Wildman–Crippen LogP) is 2.94. The molecule has 6 nitrogen and oxygen atoms in total. The second-order valence-corrected chi connectivity index (χ2v) is 6.77. The summed E-state index contributed by atoms with van der Waals surface area (Å²) in [5, 5.41) is 6.61. The summed E-state index contributed by atoms with van der Waals surface area (Å²) in [6.07, 6.45) is 0.676. The number of nitrogens with zero attached hydrogens (tertiary/aromatic N) is 4. The second kappa shape index (κ2) is 7.05. The molecule has 0 aromatic carbocycles. The smallest absolute Gasteiger partial charge is 0.352 e. The van der Waals surface area contributed by atoms with E-state index in [1.165, 1.54) is 19.3 Å². The fourth-order valence-corrected chi connectivity index (χ4v) is 2.65. The number of hydrogen-bond donors (Lipinski definition) is 1. The zero-order valence-corrected chi connectivity index (χ0v) is 14.5. The zero-order chi connectivity index (χ0) is 18.9. The summed E-state index contributed by atoms with van der Waals surface area (Å²) in [6, 6.07) is 1.02. The van der Waals surface area contributed by atoms with Gasteiger partial charge in [0, 0.05) is 31.4 Å². The first-order valence-corrected chi connectivity index (χ1v) is 8.46. The van der Waals surface area contributed by atoms with Crippen molar-refractivity contribution in [3.05, 3.63) is 41.2 Å². The third-order valence-electron chi connectivity index (χ3n) is 4.16. The van der Waals surface area contributed by atoms with E-state index in [0.29, 0.717) is 17.2 Å². The summed E-state index contributed by atoms with van der Waals surface area (Å²) in [6.45, 7) is 3.55. The molecule has 0 bridgehead atoms. The van der Waals surface area contributed by atoms with Gasteiger partial charge in [-0.25, -0.2) is 9.97 Å². The summed E-state index contributed by atoms with van der Waals surface area (Å²) < 4.78 is 39.9. The van der Waals surface area contributed by atoms with Crippen LogP contribution in [0.25, 0.3) is 0 Å². The SMILES string of the molecule is Cc1cc(C(F)(F)F)n(C[C@H](C)CNC(=O)c2cnc(C3CC3)nc2)n1. The highest BCUT2D eigenvalue weighted by Crippen LogP contribution is 2.37. The van der Waals surface area contributed by atoms with Crippen molar-refractivity contribution in [2.24, 2.45) is 5.92 Å². The molecule has 140 valence electrons. The molecular weight excluding hydrogens is 347 g/mol. The van der Waals surface area contributed by atoms with Gasteiger partial charge in [0.1, 0.15) is 11.5 Å². The van der Waals surface area contributed by atoms with Crippen molar-refractivity contribution >= 4 is 5.91 Å². The van der Waals surface area contributed by atoms with Gasteiger partial charge in [-0.15, -0.1) is 0 Å². The molecule has 0 aliphatic heterocycles. The standard InChI is InChI=1S/C17H20F3N5O/c1-10(9-25-14(17(18,19)20)5-11(2)24-25)6-23-16(26)13-7-21-15(22-8-13)12-3-4-12/h5,7-8,10,12H,3-4,6,9H2,1-2H3,(H,23,26)/t10-/m1/s1. The zero-order valence-electron chi connectivity index (χ0n) is 14.5. The van der Waals surface area contributed by atoms with Crippen molar-refractivity contribution in [1.29, 1.82) is 0 Å². The summed E-state index contributed by atoms with van der Waals surface area (Å²) in [5.74, 6) is 0.592. The van der Waals surface area contributed by atoms with Gasteiger partial charge in [-0.05, 0) is 31.7 Å². The lowest BCUT2D eigenvalue weighted by Crippen LogP contribution is -2.31. The molecule has 1 saturated carbocycles. The number of halogens is 3. The molecule has 0 unspecified atom stereocenters. The highest BCUT2D eigenvalue weighted by molar-refractivity contribution is 5.93. The van der Waals surface area contributed by atoms with Gasteiger partial charge in [0.15, 0.2) is 0 Å². The maximum Gasteiger partial charge on any atom is 0.433 e. The summed E-state index contributed by atoms with van der Waals surface area (Å²) in [5.41, 5.74) is -0.133. The molecule has 2 aromatic rings. The van der Waals surface area contributed by atoms with Crippen LogP contribution in [0.3, 0.4) is 0 Å². The second-order valence-electron chi connectivity index (χ2n) is 6.77. The van der Waals surface area contributed by atoms with Crippen LogP contribution in [-0.4, -0.2) is 32.2 Å². The minimum Gasteiger partial charge on any atom is -0.352 e. The molecule has 26 heavy (non-hydrogen) atoms. The predicted molar refractivity (Wildman–Crippen MR) is 87.5 cm³/mol. The Balaban J connectivity index is 1.55. The molecule has 2 aromatic heterocycles. The minimum atomic E-state index is -4.45. The summed E-state index contributed by atoms with van der Waals surface area (Å²) in [7, 11) is 0. The molecule has 3 rings (SSSR count). The third kappa shape index (κ3) is 4.39. The molecule has 1 fully saturated rings. The van der Waals surface area contributed by atoms with Gasteiger partial charge in [-0.1, -0.05) is 6.92 Å². The van der Waals surface area contributed by atoms with E-state index < -0.39 is 11.9 Å². The van der Waals surface area contributed by atoms with Gasteiger partial charge >= 0.3 is 6.18 Å². The molecule has 1 aliphatic rings. The molecular formula is C17H20F3N5O. The first-order chi connectivity index (χ1) is 12.2. The van der Waals surface area contributed by atoms with E-state index in [9.17, 15) is 18.0 Å². The number of aromatic nitrogens is 4. The van der Waals surface area contributed by atoms with Gasteiger partial charge in [0.2, 0.25) is 0 Å². The topological polar surface area (TPSA) is 72.7 Å². The lowest BCUT2D eigenvalue weighted by Gasteiger charge is -2.16. The number of amides is 1. The highest BCUT2D eigenvalue weighted by atomic mass is 19.4. The average Bonchev–Trinajstić information content (AvgIpc) is 3.35. The molecule has 0 radical (unpaired) electrons. The number of hydrogen-bond acceptors (Lipinski definition) is 4. The van der Waals surface area contributed by atoms with Crippen molar-refractivity contribution in [2.75, 3.05) is 6.54 Å². The number of nitrogens with one attached hydrogen (secondary N) is 1. The molecule has 2 heterocycles. The van der Waals surface area contributed by atoms with Crippen LogP contribution in [0.1, 0.15) is 53.3 Å². The van der Waals surface area contributed by atoms with E-state index >= 15 is 0 Å². The van der Waals surface area contributed by atoms with Crippen LogP contribution in [0, 0.1) is 12.8 Å². The Labute approximate surface area is 148 Å². The fraction of sp³-hybridized carbons (Fsp3) is 0.529. The molecule has 1 aliphatic carbocycles. The third-order valence-corrected chi connectivity index (χ3v) is 4.16. The lowest BCUT2D eigenvalue weighted by atomic mass is 10.1. The number of rotatable bonds is 6. The van der Waals surface area contributed by atoms with Crippen LogP contribution in [0.5, 0.6) is 0 Å². The van der Waals surface area contributed by atoms with Gasteiger partial charge in [-0.2, -0.15) is 18.3 Å². The van der Waals surface area contributed by atoms with Crippen LogP contribution in [0.15, 0.2) is 18.5 Å². The van der Waals surface area contributed by atoms with E-state index in [2.05, 4.69) is 20.4 Å². The molecule has 0 saturated heterocycles. The van der Waals surface area contributed by atoms with Crippen molar-refractivity contribution in [2.45, 2.75) is 45.3 Å². The Kier molecular flexibility index (Phi) is 4.97. The normalized spacial score (nSPS) is 15.7. The van der Waals surface area contributed by atoms with Crippen LogP contribution in [0.2, 0.25) is 0 Å². The average molecular weight is 367 g/mol. The highest BCUT2D eigenvalue weighted by Gasteiger charge is 2.35. The summed E-state index contributed by atoms with van der Waals surface area (Å²) >= 11 is 0. The van der Waals surface area contributed by atoms with E-state index in [4.69, 9.17) is 0 Å². The maximum atomic E-state index is 13.0. The van der Waals surface area contributed by atoms with Crippen LogP contribution >= 0.6 is 0 Å². The molecule has 1 amide bonds. The van der Waals surface area contributed by atoms with Crippen molar-refractivity contribution < 1.29 is 18.0 Å². The number of carbonyl (C=O) groups excluding carboxylic acids is 1. The fourth-order valence-electron chi connectivity index (χ4n) is 2.65. The van der Waals surface area contributed by atoms with E-state index in [-0.39, 0.29) is 24.9 Å². The largest absolute Gasteiger partial charge is 0.433 e. The molecule has 1 N–H and O–H groups in total. The van der Waals surface area contributed by atoms with Crippen LogP contribution in [0.4, 0.5) is 13.2 Å². The van der Waals surface area contributed by atoms with Gasteiger partial charge < -0.3 is 5.32 Å². The Bertz CT molecular complexity index is 781.